The molecule has 2 aromatic carbocycles. The van der Waals surface area contributed by atoms with Crippen LogP contribution in [-0.2, 0) is 27.7 Å². The normalized spacial score (nSPS) is 14.1. The van der Waals surface area contributed by atoms with E-state index in [9.17, 15) is 28.7 Å². The highest BCUT2D eigenvalue weighted by Gasteiger charge is 2.42. The molecular weight excluding hydrogens is 567 g/mol. The Hall–Kier alpha value is -4.03. The number of nitrogens with zero attached hydrogens (tertiary/aromatic N) is 3. The number of fused-ring (bicyclic) bond motifs is 1. The van der Waals surface area contributed by atoms with Crippen molar-refractivity contribution in [3.05, 3.63) is 72.1 Å². The van der Waals surface area contributed by atoms with Crippen LogP contribution in [-0.4, -0.2) is 62.0 Å². The number of rotatable bonds is 11. The van der Waals surface area contributed by atoms with Gasteiger partial charge in [-0.2, -0.15) is 4.68 Å². The molecule has 1 aliphatic heterocycles. The molecule has 0 radical (unpaired) electrons. The third-order valence-corrected chi connectivity index (χ3v) is 7.18. The van der Waals surface area contributed by atoms with E-state index in [4.69, 9.17) is 14.3 Å². The molecular formula is C28H34N4O9P+. The van der Waals surface area contributed by atoms with E-state index >= 15 is 0 Å². The van der Waals surface area contributed by atoms with Gasteiger partial charge in [0.05, 0.1) is 29.4 Å². The number of hydroxylamine groups is 2. The van der Waals surface area contributed by atoms with E-state index in [-0.39, 0.29) is 11.1 Å². The fourth-order valence-electron chi connectivity index (χ4n) is 4.16. The average molecular weight is 602 g/mol. The summed E-state index contributed by atoms with van der Waals surface area (Å²) in [5.41, 5.74) is 1.42. The number of aryl methyl sites for hydroxylation is 2. The second-order valence-electron chi connectivity index (χ2n) is 10.7. The highest BCUT2D eigenvalue weighted by atomic mass is 31.2. The zero-order valence-corrected chi connectivity index (χ0v) is 24.6. The quantitative estimate of drug-likeness (QED) is 0.130. The molecule has 1 aliphatic rings. The summed E-state index contributed by atoms with van der Waals surface area (Å²) in [6.45, 7) is 5.93. The summed E-state index contributed by atoms with van der Waals surface area (Å²) in [6, 6.07) is 12.9. The van der Waals surface area contributed by atoms with Crippen LogP contribution in [0.1, 0.15) is 47.9 Å². The number of alkyl carbamates (subject to hydrolysis) is 1. The van der Waals surface area contributed by atoms with Crippen LogP contribution in [0.5, 0.6) is 5.75 Å². The van der Waals surface area contributed by atoms with Crippen LogP contribution in [0.15, 0.2) is 60.9 Å². The fourth-order valence-corrected chi connectivity index (χ4v) is 4.65. The Morgan fingerprint density at radius 2 is 1.64 bits per heavy atom. The van der Waals surface area contributed by atoms with Gasteiger partial charge >= 0.3 is 13.7 Å². The number of hydrogen-bond donors (Lipinski definition) is 3. The smallest absolute Gasteiger partial charge is 0.407 e. The summed E-state index contributed by atoms with van der Waals surface area (Å²) in [5.74, 6) is -3.20. The second kappa shape index (κ2) is 12.5. The molecule has 224 valence electrons. The van der Waals surface area contributed by atoms with Crippen molar-refractivity contribution < 1.29 is 47.7 Å². The maximum Gasteiger partial charge on any atom is 0.407 e. The molecule has 0 spiro atoms. The van der Waals surface area contributed by atoms with Gasteiger partial charge in [-0.25, -0.2) is 9.63 Å². The maximum absolute atomic E-state index is 12.5. The predicted octanol–water partition coefficient (Wildman–Crippen LogP) is 3.00. The van der Waals surface area contributed by atoms with Gasteiger partial charge in [-0.3, -0.25) is 14.2 Å². The van der Waals surface area contributed by atoms with Crippen LogP contribution >= 0.6 is 7.60 Å². The number of hydrogen-bond acceptors (Lipinski definition) is 7. The van der Waals surface area contributed by atoms with Crippen molar-refractivity contribution in [3.63, 3.8) is 0 Å². The Bertz CT molecular complexity index is 1470. The molecule has 4 rings (SSSR count). The van der Waals surface area contributed by atoms with Gasteiger partial charge in [-0.05, 0) is 57.0 Å². The Morgan fingerprint density at radius 3 is 2.21 bits per heavy atom. The summed E-state index contributed by atoms with van der Waals surface area (Å²) < 4.78 is 26.8. The highest BCUT2D eigenvalue weighted by molar-refractivity contribution is 7.52. The van der Waals surface area contributed by atoms with E-state index < -0.39 is 43.6 Å². The number of amides is 3. The van der Waals surface area contributed by atoms with Crippen molar-refractivity contribution in [1.29, 1.82) is 0 Å². The van der Waals surface area contributed by atoms with Crippen molar-refractivity contribution in [2.24, 2.45) is 7.05 Å². The Kier molecular flexibility index (Phi) is 9.17. The lowest BCUT2D eigenvalue weighted by Crippen LogP contribution is -2.39. The number of nitrogens with one attached hydrogen (secondary N) is 1. The molecule has 0 saturated heterocycles. The minimum atomic E-state index is -4.93. The monoisotopic (exact) mass is 601 g/mol. The van der Waals surface area contributed by atoms with Gasteiger partial charge in [0, 0.05) is 6.54 Å². The first kappa shape index (κ1) is 30.9. The maximum atomic E-state index is 12.5. The van der Waals surface area contributed by atoms with Gasteiger partial charge in [-0.15, -0.1) is 9.75 Å². The lowest BCUT2D eigenvalue weighted by molar-refractivity contribution is -0.753. The Labute approximate surface area is 242 Å². The van der Waals surface area contributed by atoms with Gasteiger partial charge in [-0.1, -0.05) is 24.3 Å². The molecule has 1 unspecified atom stereocenters. The number of aromatic nitrogens is 2. The molecule has 13 nitrogen and oxygen atoms in total. The summed E-state index contributed by atoms with van der Waals surface area (Å²) in [5, 5.41) is 3.10. The van der Waals surface area contributed by atoms with Crippen LogP contribution in [0.4, 0.5) is 4.79 Å². The molecule has 3 amide bonds. The van der Waals surface area contributed by atoms with Crippen molar-refractivity contribution >= 4 is 25.5 Å². The standard InChI is InChI=1S/C28H33N4O9P/c1-28(2,3)40-27(35)29-14-7-15-31-17-20(16-30(31)4)19-10-12-21(13-11-19)39-18-24(42(36,37)38)41-32-25(33)22-8-5-6-9-23(22)26(32)34/h5-6,8-13,16-17,24H,7,14-15,18H2,1-4H3,(H2-,29,35,36,37,38)/p+1. The first-order chi connectivity index (χ1) is 19.7. The molecule has 3 aromatic rings. The van der Waals surface area contributed by atoms with Crippen molar-refractivity contribution in [2.75, 3.05) is 13.2 Å². The van der Waals surface area contributed by atoms with E-state index in [2.05, 4.69) is 5.32 Å². The first-order valence-electron chi connectivity index (χ1n) is 13.2. The number of imide groups is 1. The Balaban J connectivity index is 1.33. The van der Waals surface area contributed by atoms with E-state index in [1.165, 1.54) is 12.1 Å². The van der Waals surface area contributed by atoms with Gasteiger partial charge in [0.2, 0.25) is 12.0 Å². The van der Waals surface area contributed by atoms with Crippen LogP contribution in [0, 0.1) is 0 Å². The predicted molar refractivity (Wildman–Crippen MR) is 149 cm³/mol. The third-order valence-electron chi connectivity index (χ3n) is 6.19. The molecule has 0 saturated carbocycles. The second-order valence-corrected chi connectivity index (χ2v) is 12.4. The topological polar surface area (TPSA) is 161 Å². The van der Waals surface area contributed by atoms with Gasteiger partial charge in [0.25, 0.3) is 11.8 Å². The zero-order valence-electron chi connectivity index (χ0n) is 23.7. The minimum absolute atomic E-state index is 0.0863. The number of ether oxygens (including phenoxy) is 2. The van der Waals surface area contributed by atoms with E-state index in [1.807, 2.05) is 28.8 Å². The summed E-state index contributed by atoms with van der Waals surface area (Å²) in [7, 11) is -3.03. The minimum Gasteiger partial charge on any atom is -0.490 e. The number of benzene rings is 2. The van der Waals surface area contributed by atoms with E-state index in [0.717, 1.165) is 11.1 Å². The van der Waals surface area contributed by atoms with Crippen molar-refractivity contribution in [3.8, 4) is 16.9 Å². The summed E-state index contributed by atoms with van der Waals surface area (Å²) in [6.07, 6.45) is 4.14. The summed E-state index contributed by atoms with van der Waals surface area (Å²) >= 11 is 0. The van der Waals surface area contributed by atoms with E-state index in [1.54, 1.807) is 57.2 Å². The van der Waals surface area contributed by atoms with Gasteiger partial charge in [0.15, 0.2) is 7.05 Å². The molecule has 0 aliphatic carbocycles. The molecule has 3 N–H and O–H groups in total. The molecule has 1 aromatic heterocycles. The average Bonchev–Trinajstić information content (AvgIpc) is 3.40. The third kappa shape index (κ3) is 7.62. The van der Waals surface area contributed by atoms with Gasteiger partial charge in [0.1, 0.15) is 18.0 Å². The van der Waals surface area contributed by atoms with Crippen molar-refractivity contribution in [2.45, 2.75) is 45.2 Å². The summed E-state index contributed by atoms with van der Waals surface area (Å²) in [4.78, 5) is 61.7. The molecule has 42 heavy (non-hydrogen) atoms. The van der Waals surface area contributed by atoms with Crippen LogP contribution in [0.2, 0.25) is 0 Å². The van der Waals surface area contributed by atoms with Crippen LogP contribution in [0.25, 0.3) is 11.1 Å². The SMILES string of the molecule is C[n+]1cc(-c2ccc(OCC(ON3C(=O)c4ccccc4C3=O)P(=O)(O)O)cc2)cn1CCCNC(=O)OC(C)(C)C. The largest absolute Gasteiger partial charge is 0.490 e. The molecule has 2 heterocycles. The number of carbonyl (C=O) groups excluding carboxylic acids is 3. The first-order valence-corrected chi connectivity index (χ1v) is 14.9. The molecule has 14 heteroatoms. The fraction of sp³-hybridized carbons (Fsp3) is 0.357. The lowest BCUT2D eigenvalue weighted by atomic mass is 10.1. The van der Waals surface area contributed by atoms with E-state index in [0.29, 0.717) is 30.3 Å². The Morgan fingerprint density at radius 1 is 1.02 bits per heavy atom. The highest BCUT2D eigenvalue weighted by Crippen LogP contribution is 2.43. The molecule has 0 fully saturated rings. The molecule has 0 bridgehead atoms. The number of carbonyl (C=O) groups is 3. The zero-order chi connectivity index (χ0) is 30.7. The van der Waals surface area contributed by atoms with Crippen molar-refractivity contribution in [1.82, 2.24) is 15.1 Å². The van der Waals surface area contributed by atoms with Crippen LogP contribution in [0.3, 0.4) is 0 Å². The van der Waals surface area contributed by atoms with Gasteiger partial charge < -0.3 is 24.6 Å². The lowest BCUT2D eigenvalue weighted by Gasteiger charge is -2.23. The van der Waals surface area contributed by atoms with Crippen LogP contribution < -0.4 is 14.7 Å². The molecule has 1 atom stereocenters.